The van der Waals surface area contributed by atoms with Crippen molar-refractivity contribution < 1.29 is 8.78 Å². The molecule has 0 radical (unpaired) electrons. The van der Waals surface area contributed by atoms with Gasteiger partial charge in [0.05, 0.1) is 6.54 Å². The van der Waals surface area contributed by atoms with Gasteiger partial charge in [-0.2, -0.15) is 0 Å². The fourth-order valence-corrected chi connectivity index (χ4v) is 1.59. The Kier molecular flexibility index (Phi) is 3.04. The molecule has 2 nitrogen and oxygen atoms in total. The maximum absolute atomic E-state index is 13.4. The largest absolute Gasteiger partial charge is 0.311 e. The molecule has 0 spiro atoms. The van der Waals surface area contributed by atoms with Gasteiger partial charge >= 0.3 is 0 Å². The van der Waals surface area contributed by atoms with E-state index in [0.717, 1.165) is 23.8 Å². The van der Waals surface area contributed by atoms with E-state index in [0.29, 0.717) is 0 Å². The number of pyridine rings is 1. The van der Waals surface area contributed by atoms with Crippen LogP contribution in [-0.2, 0) is 6.54 Å². The van der Waals surface area contributed by atoms with Crippen LogP contribution in [0.5, 0.6) is 0 Å². The lowest BCUT2D eigenvalue weighted by molar-refractivity contribution is 0.574. The maximum atomic E-state index is 13.4. The van der Waals surface area contributed by atoms with Gasteiger partial charge in [-0.1, -0.05) is 0 Å². The number of hydrogen-bond donors (Lipinski definition) is 0. The normalized spacial score (nSPS) is 10.5. The minimum atomic E-state index is -0.515. The zero-order chi connectivity index (χ0) is 12.4. The van der Waals surface area contributed by atoms with Gasteiger partial charge in [-0.05, 0) is 36.8 Å². The van der Waals surface area contributed by atoms with Crippen LogP contribution in [0.1, 0.15) is 11.1 Å². The van der Waals surface area contributed by atoms with E-state index in [4.69, 9.17) is 0 Å². The highest BCUT2D eigenvalue weighted by Gasteiger charge is 2.05. The lowest BCUT2D eigenvalue weighted by Gasteiger charge is -2.07. The Bertz CT molecular complexity index is 605. The summed E-state index contributed by atoms with van der Waals surface area (Å²) >= 11 is 0. The summed E-state index contributed by atoms with van der Waals surface area (Å²) in [6.45, 7) is 1.83. The number of aryl methyl sites for hydroxylation is 1. The van der Waals surface area contributed by atoms with E-state index in [2.05, 4.69) is 0 Å². The maximum Gasteiger partial charge on any atom is 0.251 e. The number of hydrogen-bond acceptors (Lipinski definition) is 1. The van der Waals surface area contributed by atoms with Gasteiger partial charge in [-0.3, -0.25) is 4.79 Å². The van der Waals surface area contributed by atoms with Gasteiger partial charge in [0, 0.05) is 17.8 Å². The molecule has 88 valence electrons. The number of aromatic nitrogens is 1. The fraction of sp³-hybridized carbons (Fsp3) is 0.154. The molecule has 0 unspecified atom stereocenters. The van der Waals surface area contributed by atoms with Crippen LogP contribution in [-0.4, -0.2) is 4.57 Å². The van der Waals surface area contributed by atoms with Crippen LogP contribution in [0.25, 0.3) is 0 Å². The topological polar surface area (TPSA) is 22.0 Å². The quantitative estimate of drug-likeness (QED) is 0.783. The first kappa shape index (κ1) is 11.5. The third-order valence-corrected chi connectivity index (χ3v) is 2.50. The summed E-state index contributed by atoms with van der Waals surface area (Å²) in [5.74, 6) is -1.03. The van der Waals surface area contributed by atoms with Crippen molar-refractivity contribution in [3.63, 3.8) is 0 Å². The number of benzene rings is 1. The molecule has 2 aromatic rings. The standard InChI is InChI=1S/C13H11F2NO/c1-9-4-5-16(13(17)6-9)8-10-7-11(14)2-3-12(10)15/h2-7H,8H2,1H3. The molecule has 0 bridgehead atoms. The Hall–Kier alpha value is -1.97. The number of nitrogens with zero attached hydrogens (tertiary/aromatic N) is 1. The SMILES string of the molecule is Cc1ccn(Cc2cc(F)ccc2F)c(=O)c1. The molecule has 0 aliphatic heterocycles. The molecule has 1 aromatic heterocycles. The molecule has 0 saturated carbocycles. The summed E-state index contributed by atoms with van der Waals surface area (Å²) in [6, 6.07) is 6.41. The lowest BCUT2D eigenvalue weighted by atomic mass is 10.2. The van der Waals surface area contributed by atoms with E-state index >= 15 is 0 Å². The highest BCUT2D eigenvalue weighted by Crippen LogP contribution is 2.10. The fourth-order valence-electron chi connectivity index (χ4n) is 1.59. The van der Waals surface area contributed by atoms with Gasteiger partial charge < -0.3 is 4.57 Å². The number of halogens is 2. The molecule has 0 amide bonds. The predicted octanol–water partition coefficient (Wildman–Crippen LogP) is 2.48. The molecule has 0 aliphatic rings. The minimum absolute atomic E-state index is 0.0305. The first-order valence-electron chi connectivity index (χ1n) is 5.17. The summed E-state index contributed by atoms with van der Waals surface area (Å²) in [5.41, 5.74) is 0.774. The predicted molar refractivity (Wildman–Crippen MR) is 60.9 cm³/mol. The second-order valence-electron chi connectivity index (χ2n) is 3.91. The zero-order valence-electron chi connectivity index (χ0n) is 9.28. The van der Waals surface area contributed by atoms with Gasteiger partial charge in [0.15, 0.2) is 0 Å². The molecule has 0 aliphatic carbocycles. The summed E-state index contributed by atoms with van der Waals surface area (Å²) in [7, 11) is 0. The Morgan fingerprint density at radius 2 is 1.94 bits per heavy atom. The summed E-state index contributed by atoms with van der Waals surface area (Å²) in [5, 5.41) is 0. The molecule has 0 fully saturated rings. The van der Waals surface area contributed by atoms with Crippen molar-refractivity contribution in [1.29, 1.82) is 0 Å². The molecule has 0 N–H and O–H groups in total. The Morgan fingerprint density at radius 3 is 2.65 bits per heavy atom. The van der Waals surface area contributed by atoms with E-state index in [1.54, 1.807) is 19.2 Å². The molecule has 17 heavy (non-hydrogen) atoms. The van der Waals surface area contributed by atoms with Crippen molar-refractivity contribution in [3.05, 3.63) is 69.6 Å². The van der Waals surface area contributed by atoms with Crippen molar-refractivity contribution in [2.45, 2.75) is 13.5 Å². The Balaban J connectivity index is 2.38. The van der Waals surface area contributed by atoms with Gasteiger partial charge in [0.25, 0.3) is 5.56 Å². The highest BCUT2D eigenvalue weighted by atomic mass is 19.1. The van der Waals surface area contributed by atoms with Crippen molar-refractivity contribution in [1.82, 2.24) is 4.57 Å². The smallest absolute Gasteiger partial charge is 0.251 e. The Morgan fingerprint density at radius 1 is 1.18 bits per heavy atom. The average Bonchev–Trinajstić information content (AvgIpc) is 2.27. The van der Waals surface area contributed by atoms with Crippen LogP contribution in [0.3, 0.4) is 0 Å². The van der Waals surface area contributed by atoms with E-state index < -0.39 is 11.6 Å². The third kappa shape index (κ3) is 2.58. The average molecular weight is 235 g/mol. The lowest BCUT2D eigenvalue weighted by Crippen LogP contribution is -2.19. The molecule has 1 heterocycles. The minimum Gasteiger partial charge on any atom is -0.311 e. The molecular formula is C13H11F2NO. The van der Waals surface area contributed by atoms with Gasteiger partial charge in [-0.15, -0.1) is 0 Å². The van der Waals surface area contributed by atoms with Crippen LogP contribution in [0.15, 0.2) is 41.3 Å². The van der Waals surface area contributed by atoms with E-state index in [1.807, 2.05) is 0 Å². The molecular weight excluding hydrogens is 224 g/mol. The van der Waals surface area contributed by atoms with Crippen LogP contribution >= 0.6 is 0 Å². The van der Waals surface area contributed by atoms with Crippen molar-refractivity contribution in [2.24, 2.45) is 0 Å². The third-order valence-electron chi connectivity index (χ3n) is 2.50. The van der Waals surface area contributed by atoms with Gasteiger partial charge in [-0.25, -0.2) is 8.78 Å². The van der Waals surface area contributed by atoms with Crippen molar-refractivity contribution in [2.75, 3.05) is 0 Å². The van der Waals surface area contributed by atoms with E-state index in [-0.39, 0.29) is 17.7 Å². The molecule has 2 rings (SSSR count). The van der Waals surface area contributed by atoms with Crippen LogP contribution in [0, 0.1) is 18.6 Å². The summed E-state index contributed by atoms with van der Waals surface area (Å²) < 4.78 is 27.7. The molecule has 4 heteroatoms. The second kappa shape index (κ2) is 4.49. The van der Waals surface area contributed by atoms with Crippen LogP contribution in [0.2, 0.25) is 0 Å². The molecule has 1 aromatic carbocycles. The van der Waals surface area contributed by atoms with Gasteiger partial charge in [0.1, 0.15) is 11.6 Å². The summed E-state index contributed by atoms with van der Waals surface area (Å²) in [6.07, 6.45) is 1.57. The zero-order valence-corrected chi connectivity index (χ0v) is 9.28. The molecule has 0 saturated heterocycles. The number of rotatable bonds is 2. The first-order chi connectivity index (χ1) is 8.06. The highest BCUT2D eigenvalue weighted by molar-refractivity contribution is 5.19. The van der Waals surface area contributed by atoms with Crippen molar-refractivity contribution >= 4 is 0 Å². The summed E-state index contributed by atoms with van der Waals surface area (Å²) in [4.78, 5) is 11.6. The first-order valence-corrected chi connectivity index (χ1v) is 5.17. The van der Waals surface area contributed by atoms with Crippen molar-refractivity contribution in [3.8, 4) is 0 Å². The Labute approximate surface area is 97.1 Å². The van der Waals surface area contributed by atoms with E-state index in [9.17, 15) is 13.6 Å². The van der Waals surface area contributed by atoms with Crippen LogP contribution < -0.4 is 5.56 Å². The van der Waals surface area contributed by atoms with E-state index in [1.165, 1.54) is 10.6 Å². The van der Waals surface area contributed by atoms with Gasteiger partial charge in [0.2, 0.25) is 0 Å². The molecule has 0 atom stereocenters. The second-order valence-corrected chi connectivity index (χ2v) is 3.91. The van der Waals surface area contributed by atoms with Crippen LogP contribution in [0.4, 0.5) is 8.78 Å². The monoisotopic (exact) mass is 235 g/mol.